The second kappa shape index (κ2) is 9.76. The third kappa shape index (κ3) is 4.26. The summed E-state index contributed by atoms with van der Waals surface area (Å²) in [6.07, 6.45) is 0.216. The molecule has 3 aromatic carbocycles. The van der Waals surface area contributed by atoms with Gasteiger partial charge in [-0.25, -0.2) is 13.6 Å². The highest BCUT2D eigenvalue weighted by atomic mass is 19.2. The van der Waals surface area contributed by atoms with E-state index in [1.54, 1.807) is 30.3 Å². The van der Waals surface area contributed by atoms with E-state index in [1.807, 2.05) is 24.3 Å². The topological polar surface area (TPSA) is 67.9 Å². The quantitative estimate of drug-likeness (QED) is 0.303. The van der Waals surface area contributed by atoms with Crippen LogP contribution in [-0.2, 0) is 14.3 Å². The summed E-state index contributed by atoms with van der Waals surface area (Å²) in [6, 6.07) is 14.5. The second-order valence-corrected chi connectivity index (χ2v) is 8.88. The van der Waals surface area contributed by atoms with Crippen molar-refractivity contribution in [2.45, 2.75) is 30.5 Å². The number of nitrogens with zero attached hydrogens (tertiary/aromatic N) is 1. The molecule has 1 N–H and O–H groups in total. The predicted molar refractivity (Wildman–Crippen MR) is 125 cm³/mol. The molecule has 2 heterocycles. The van der Waals surface area contributed by atoms with E-state index in [-0.39, 0.29) is 24.4 Å². The molecule has 0 aliphatic carbocycles. The Kier molecular flexibility index (Phi) is 6.49. The number of likely N-dealkylation sites (tertiary alicyclic amines) is 1. The Balaban J connectivity index is 1.54. The first-order valence-electron chi connectivity index (χ1n) is 11.6. The maximum atomic E-state index is 14.1. The van der Waals surface area contributed by atoms with E-state index >= 15 is 0 Å². The lowest BCUT2D eigenvalue weighted by Crippen LogP contribution is -2.58. The zero-order valence-electron chi connectivity index (χ0n) is 19.6. The molecule has 0 radical (unpaired) electrons. The zero-order valence-corrected chi connectivity index (χ0v) is 19.6. The number of nitrogens with one attached hydrogen (secondary N) is 1. The minimum atomic E-state index is -1.76. The Morgan fingerprint density at radius 1 is 0.973 bits per heavy atom. The fourth-order valence-electron chi connectivity index (χ4n) is 5.30. The minimum absolute atomic E-state index is 0.0479. The second-order valence-electron chi connectivity index (χ2n) is 8.88. The Hall–Kier alpha value is -4.08. The van der Waals surface area contributed by atoms with Crippen LogP contribution >= 0.6 is 0 Å². The molecule has 0 aromatic heterocycles. The monoisotopic (exact) mass is 514 g/mol. The Bertz CT molecular complexity index is 1330. The lowest BCUT2D eigenvalue weighted by Gasteiger charge is -2.47. The smallest absolute Gasteiger partial charge is 0.328 e. The van der Waals surface area contributed by atoms with Crippen molar-refractivity contribution >= 4 is 17.6 Å². The number of benzene rings is 3. The lowest BCUT2D eigenvalue weighted by atomic mass is 9.77. The first-order chi connectivity index (χ1) is 17.8. The maximum absolute atomic E-state index is 14.1. The van der Waals surface area contributed by atoms with Gasteiger partial charge < -0.3 is 19.7 Å². The van der Waals surface area contributed by atoms with Gasteiger partial charge >= 0.3 is 5.97 Å². The number of esters is 1. The van der Waals surface area contributed by atoms with Gasteiger partial charge in [0.25, 0.3) is 5.91 Å². The number of hydrogen-bond donors (Lipinski definition) is 1. The normalized spacial score (nSPS) is 22.0. The maximum Gasteiger partial charge on any atom is 0.328 e. The largest absolute Gasteiger partial charge is 0.477 e. The predicted octanol–water partition coefficient (Wildman–Crippen LogP) is 4.71. The van der Waals surface area contributed by atoms with Gasteiger partial charge in [0.2, 0.25) is 11.6 Å². The Morgan fingerprint density at radius 2 is 1.62 bits per heavy atom. The molecule has 5 rings (SSSR count). The van der Waals surface area contributed by atoms with Crippen molar-refractivity contribution in [3.63, 3.8) is 0 Å². The Morgan fingerprint density at radius 3 is 2.30 bits per heavy atom. The highest BCUT2D eigenvalue weighted by molar-refractivity contribution is 5.87. The first-order valence-corrected chi connectivity index (χ1v) is 11.6. The molecule has 3 unspecified atom stereocenters. The van der Waals surface area contributed by atoms with E-state index in [4.69, 9.17) is 9.47 Å². The molecule has 37 heavy (non-hydrogen) atoms. The van der Waals surface area contributed by atoms with Gasteiger partial charge in [0.15, 0.2) is 24.0 Å². The molecular formula is C27H22F4N2O4. The van der Waals surface area contributed by atoms with E-state index in [9.17, 15) is 27.2 Å². The third-order valence-corrected chi connectivity index (χ3v) is 6.88. The Labute approximate surface area is 209 Å². The van der Waals surface area contributed by atoms with Crippen LogP contribution in [0.5, 0.6) is 5.75 Å². The van der Waals surface area contributed by atoms with Crippen LogP contribution < -0.4 is 10.1 Å². The molecule has 0 saturated carbocycles. The summed E-state index contributed by atoms with van der Waals surface area (Å²) in [5.41, 5.74) is 2.56. The van der Waals surface area contributed by atoms with Crippen LogP contribution in [0.1, 0.15) is 29.5 Å². The number of hydrogen-bond acceptors (Lipinski definition) is 5. The molecule has 2 aliphatic heterocycles. The van der Waals surface area contributed by atoms with Crippen molar-refractivity contribution < 1.29 is 36.6 Å². The number of methoxy groups -OCH3 is 1. The van der Waals surface area contributed by atoms with Gasteiger partial charge in [-0.2, -0.15) is 8.78 Å². The van der Waals surface area contributed by atoms with Crippen molar-refractivity contribution in [2.75, 3.05) is 19.0 Å². The van der Waals surface area contributed by atoms with Crippen LogP contribution in [0, 0.1) is 23.3 Å². The van der Waals surface area contributed by atoms with Gasteiger partial charge in [0, 0.05) is 17.7 Å². The standard InChI is InChI=1S/C27H22F4N2O4/c1-36-27(35)20-11-16-15-9-5-6-10-19(15)32-24(16)25(14-7-3-2-4-8-14)33(20)21(34)13-37-26-22(30)17(28)12-18(29)23(26)31/h2-10,12,16,20,24-25,32H,11,13H2,1H3/t16?,20-,24?,25?/m0/s1. The number of halogens is 4. The molecule has 6 nitrogen and oxygen atoms in total. The molecule has 0 spiro atoms. The molecule has 1 saturated heterocycles. The van der Waals surface area contributed by atoms with Gasteiger partial charge in [0.1, 0.15) is 6.04 Å². The summed E-state index contributed by atoms with van der Waals surface area (Å²) < 4.78 is 65.6. The minimum Gasteiger partial charge on any atom is -0.477 e. The van der Waals surface area contributed by atoms with Crippen molar-refractivity contribution in [2.24, 2.45) is 0 Å². The number of carbonyl (C=O) groups is 2. The molecule has 1 fully saturated rings. The number of anilines is 1. The highest BCUT2D eigenvalue weighted by Gasteiger charge is 2.52. The van der Waals surface area contributed by atoms with Crippen LogP contribution in [0.25, 0.3) is 0 Å². The molecule has 2 aliphatic rings. The van der Waals surface area contributed by atoms with Gasteiger partial charge in [0.05, 0.1) is 19.2 Å². The van der Waals surface area contributed by atoms with Crippen molar-refractivity contribution in [3.8, 4) is 5.75 Å². The van der Waals surface area contributed by atoms with Crippen LogP contribution in [0.2, 0.25) is 0 Å². The highest BCUT2D eigenvalue weighted by Crippen LogP contribution is 2.50. The summed E-state index contributed by atoms with van der Waals surface area (Å²) >= 11 is 0. The molecular weight excluding hydrogens is 492 g/mol. The van der Waals surface area contributed by atoms with E-state index in [1.165, 1.54) is 12.0 Å². The number of ether oxygens (including phenoxy) is 2. The van der Waals surface area contributed by atoms with Gasteiger partial charge in [-0.1, -0.05) is 48.5 Å². The molecule has 4 atom stereocenters. The fourth-order valence-corrected chi connectivity index (χ4v) is 5.30. The van der Waals surface area contributed by atoms with Crippen molar-refractivity contribution in [1.82, 2.24) is 4.90 Å². The molecule has 0 bridgehead atoms. The number of fused-ring (bicyclic) bond motifs is 3. The van der Waals surface area contributed by atoms with Crippen LogP contribution in [-0.4, -0.2) is 42.6 Å². The average molecular weight is 514 g/mol. The summed E-state index contributed by atoms with van der Waals surface area (Å²) in [5, 5.41) is 3.45. The summed E-state index contributed by atoms with van der Waals surface area (Å²) in [5.74, 6) is -9.84. The lowest BCUT2D eigenvalue weighted by molar-refractivity contribution is -0.159. The molecule has 192 valence electrons. The van der Waals surface area contributed by atoms with Crippen LogP contribution in [0.4, 0.5) is 23.2 Å². The van der Waals surface area contributed by atoms with Gasteiger partial charge in [-0.05, 0) is 23.6 Å². The van der Waals surface area contributed by atoms with Crippen molar-refractivity contribution in [3.05, 3.63) is 95.1 Å². The van der Waals surface area contributed by atoms with Crippen LogP contribution in [0.3, 0.4) is 0 Å². The molecule has 10 heteroatoms. The van der Waals surface area contributed by atoms with Crippen molar-refractivity contribution in [1.29, 1.82) is 0 Å². The average Bonchev–Trinajstić information content (AvgIpc) is 3.29. The van der Waals surface area contributed by atoms with E-state index < -0.39 is 59.6 Å². The number of para-hydroxylation sites is 1. The number of rotatable bonds is 5. The molecule has 1 amide bonds. The first kappa shape index (κ1) is 24.6. The SMILES string of the molecule is COC(=O)[C@@H]1CC2c3ccccc3NC2C(c2ccccc2)N1C(=O)COc1c(F)c(F)cc(F)c1F. The number of amides is 1. The third-order valence-electron chi connectivity index (χ3n) is 6.88. The van der Waals surface area contributed by atoms with Gasteiger partial charge in [-0.3, -0.25) is 4.79 Å². The summed E-state index contributed by atoms with van der Waals surface area (Å²) in [7, 11) is 1.20. The van der Waals surface area contributed by atoms with Crippen LogP contribution in [0.15, 0.2) is 60.7 Å². The zero-order chi connectivity index (χ0) is 26.3. The van der Waals surface area contributed by atoms with Gasteiger partial charge in [-0.15, -0.1) is 0 Å². The summed E-state index contributed by atoms with van der Waals surface area (Å²) in [4.78, 5) is 27.8. The van der Waals surface area contributed by atoms with E-state index in [0.29, 0.717) is 5.56 Å². The van der Waals surface area contributed by atoms with E-state index in [2.05, 4.69) is 5.32 Å². The number of piperidine rings is 1. The summed E-state index contributed by atoms with van der Waals surface area (Å²) in [6.45, 7) is -0.974. The van der Waals surface area contributed by atoms with E-state index in [0.717, 1.165) is 11.3 Å². The number of carbonyl (C=O) groups excluding carboxylic acids is 2. The molecule has 3 aromatic rings. The fraction of sp³-hybridized carbons (Fsp3) is 0.259.